The van der Waals surface area contributed by atoms with Gasteiger partial charge >= 0.3 is 0 Å². The summed E-state index contributed by atoms with van der Waals surface area (Å²) in [5, 5.41) is 0. The zero-order chi connectivity index (χ0) is 9.47. The molecule has 0 saturated heterocycles. The molecule has 0 N–H and O–H groups in total. The molecule has 0 saturated carbocycles. The lowest BCUT2D eigenvalue weighted by atomic mass is 10.3. The second-order valence-corrected chi connectivity index (χ2v) is 2.84. The zero-order valence-corrected chi connectivity index (χ0v) is 6.91. The third kappa shape index (κ3) is 1.37. The van der Waals surface area contributed by atoms with Crippen LogP contribution in [0.25, 0.3) is 5.78 Å². The highest BCUT2D eigenvalue weighted by Crippen LogP contribution is 2.24. The van der Waals surface area contributed by atoms with E-state index in [1.54, 1.807) is 10.6 Å². The zero-order valence-electron chi connectivity index (χ0n) is 6.91. The first-order valence-electron chi connectivity index (χ1n) is 3.75. The molecule has 0 amide bonds. The molecule has 0 aliphatic carbocycles. The lowest BCUT2D eigenvalue weighted by molar-refractivity contribution is 0.0129. The van der Waals surface area contributed by atoms with Crippen molar-refractivity contribution < 1.29 is 8.78 Å². The van der Waals surface area contributed by atoms with Gasteiger partial charge in [0.25, 0.3) is 5.92 Å². The van der Waals surface area contributed by atoms with Crippen LogP contribution in [0.4, 0.5) is 8.78 Å². The van der Waals surface area contributed by atoms with Crippen LogP contribution >= 0.6 is 0 Å². The van der Waals surface area contributed by atoms with E-state index >= 15 is 0 Å². The van der Waals surface area contributed by atoms with Crippen LogP contribution in [0.15, 0.2) is 24.7 Å². The van der Waals surface area contributed by atoms with Gasteiger partial charge < -0.3 is 0 Å². The molecule has 0 aromatic carbocycles. The lowest BCUT2D eigenvalue weighted by Crippen LogP contribution is -2.10. The first kappa shape index (κ1) is 8.10. The van der Waals surface area contributed by atoms with Crippen molar-refractivity contribution in [3.63, 3.8) is 0 Å². The number of halogens is 2. The Labute approximate surface area is 73.0 Å². The van der Waals surface area contributed by atoms with Crippen LogP contribution in [0, 0.1) is 0 Å². The Balaban J connectivity index is 2.61. The molecule has 0 bridgehead atoms. The maximum absolute atomic E-state index is 12.8. The molecule has 0 atom stereocenters. The molecule has 2 aromatic rings. The van der Waals surface area contributed by atoms with Gasteiger partial charge in [0.2, 0.25) is 5.78 Å². The quantitative estimate of drug-likeness (QED) is 0.675. The summed E-state index contributed by atoms with van der Waals surface area (Å²) < 4.78 is 27.2. The molecule has 3 nitrogen and oxygen atoms in total. The van der Waals surface area contributed by atoms with Gasteiger partial charge in [-0.2, -0.15) is 8.78 Å². The van der Waals surface area contributed by atoms with E-state index in [1.807, 2.05) is 0 Å². The minimum atomic E-state index is -2.91. The molecule has 0 radical (unpaired) electrons. The largest absolute Gasteiger partial charge is 0.291 e. The van der Waals surface area contributed by atoms with E-state index in [4.69, 9.17) is 0 Å². The first-order chi connectivity index (χ1) is 6.07. The van der Waals surface area contributed by atoms with Crippen molar-refractivity contribution in [2.75, 3.05) is 0 Å². The fraction of sp³-hybridized carbons (Fsp3) is 0.250. The number of hydrogen-bond donors (Lipinski definition) is 0. The normalized spacial score (nSPS) is 12.2. The van der Waals surface area contributed by atoms with E-state index in [2.05, 4.69) is 9.97 Å². The van der Waals surface area contributed by atoms with Gasteiger partial charge in [-0.25, -0.2) is 9.97 Å². The van der Waals surface area contributed by atoms with E-state index in [-0.39, 0.29) is 5.69 Å². The highest BCUT2D eigenvalue weighted by Gasteiger charge is 2.26. The summed E-state index contributed by atoms with van der Waals surface area (Å²) in [6.45, 7) is 0.814. The summed E-state index contributed by atoms with van der Waals surface area (Å²) in [6, 6.07) is 1.29. The molecule has 0 aliphatic rings. The van der Waals surface area contributed by atoms with E-state index < -0.39 is 5.92 Å². The van der Waals surface area contributed by atoms with E-state index in [9.17, 15) is 8.78 Å². The molecule has 0 spiro atoms. The van der Waals surface area contributed by atoms with Crippen molar-refractivity contribution in [2.24, 2.45) is 0 Å². The van der Waals surface area contributed by atoms with Crippen LogP contribution < -0.4 is 0 Å². The summed E-state index contributed by atoms with van der Waals surface area (Å²) in [4.78, 5) is 7.52. The Morgan fingerprint density at radius 3 is 2.85 bits per heavy atom. The fourth-order valence-electron chi connectivity index (χ4n) is 1.05. The third-order valence-corrected chi connectivity index (χ3v) is 1.71. The monoisotopic (exact) mass is 183 g/mol. The summed E-state index contributed by atoms with van der Waals surface area (Å²) in [6.07, 6.45) is 4.68. The Hall–Kier alpha value is -1.52. The number of hydrogen-bond acceptors (Lipinski definition) is 2. The van der Waals surface area contributed by atoms with Crippen LogP contribution in [-0.4, -0.2) is 14.4 Å². The van der Waals surface area contributed by atoms with Crippen LogP contribution in [0.5, 0.6) is 0 Å². The van der Waals surface area contributed by atoms with Crippen molar-refractivity contribution >= 4 is 5.78 Å². The van der Waals surface area contributed by atoms with Gasteiger partial charge in [0.05, 0.1) is 0 Å². The molecule has 0 fully saturated rings. The smallest absolute Gasteiger partial charge is 0.287 e. The van der Waals surface area contributed by atoms with Gasteiger partial charge in [0.15, 0.2) is 0 Å². The summed E-state index contributed by atoms with van der Waals surface area (Å²) in [7, 11) is 0. The van der Waals surface area contributed by atoms with E-state index in [0.29, 0.717) is 5.78 Å². The van der Waals surface area contributed by atoms with Crippen LogP contribution in [0.2, 0.25) is 0 Å². The second kappa shape index (κ2) is 2.48. The van der Waals surface area contributed by atoms with Crippen molar-refractivity contribution in [1.29, 1.82) is 0 Å². The van der Waals surface area contributed by atoms with Gasteiger partial charge in [-0.15, -0.1) is 0 Å². The average Bonchev–Trinajstić information content (AvgIpc) is 2.47. The predicted molar refractivity (Wildman–Crippen MR) is 42.6 cm³/mol. The van der Waals surface area contributed by atoms with Gasteiger partial charge in [0.1, 0.15) is 5.69 Å². The van der Waals surface area contributed by atoms with Gasteiger partial charge in [0, 0.05) is 25.5 Å². The highest BCUT2D eigenvalue weighted by molar-refractivity contribution is 5.29. The predicted octanol–water partition coefficient (Wildman–Crippen LogP) is 1.84. The van der Waals surface area contributed by atoms with E-state index in [1.165, 1.54) is 18.5 Å². The Kier molecular flexibility index (Phi) is 1.55. The number of fused-ring (bicyclic) bond motifs is 1. The molecule has 0 aliphatic heterocycles. The Morgan fingerprint density at radius 2 is 2.15 bits per heavy atom. The first-order valence-corrected chi connectivity index (χ1v) is 3.75. The standard InChI is InChI=1S/C8H7F2N3/c1-8(9,10)6-2-4-13-5-3-11-7(13)12-6/h2-5H,1H3. The SMILES string of the molecule is CC(F)(F)c1ccn2ccnc2n1. The van der Waals surface area contributed by atoms with Gasteiger partial charge in [-0.3, -0.25) is 4.40 Å². The minimum Gasteiger partial charge on any atom is -0.291 e. The summed E-state index contributed by atoms with van der Waals surface area (Å²) in [5.74, 6) is -2.62. The molecule has 2 heterocycles. The molecular weight excluding hydrogens is 176 g/mol. The van der Waals surface area contributed by atoms with Crippen LogP contribution in [0.1, 0.15) is 12.6 Å². The minimum absolute atomic E-state index is 0.258. The highest BCUT2D eigenvalue weighted by atomic mass is 19.3. The van der Waals surface area contributed by atoms with Crippen molar-refractivity contribution in [2.45, 2.75) is 12.8 Å². The van der Waals surface area contributed by atoms with E-state index in [0.717, 1.165) is 6.92 Å². The van der Waals surface area contributed by atoms with Gasteiger partial charge in [-0.05, 0) is 6.07 Å². The topological polar surface area (TPSA) is 30.2 Å². The third-order valence-electron chi connectivity index (χ3n) is 1.71. The van der Waals surface area contributed by atoms with Crippen molar-refractivity contribution in [3.8, 4) is 0 Å². The summed E-state index contributed by atoms with van der Waals surface area (Å²) in [5.41, 5.74) is -0.258. The van der Waals surface area contributed by atoms with Gasteiger partial charge in [-0.1, -0.05) is 0 Å². The molecular formula is C8H7F2N3. The fourth-order valence-corrected chi connectivity index (χ4v) is 1.05. The average molecular weight is 183 g/mol. The molecule has 2 rings (SSSR count). The lowest BCUT2D eigenvalue weighted by Gasteiger charge is -2.08. The Morgan fingerprint density at radius 1 is 1.38 bits per heavy atom. The molecule has 68 valence electrons. The van der Waals surface area contributed by atoms with Crippen LogP contribution in [0.3, 0.4) is 0 Å². The van der Waals surface area contributed by atoms with Crippen molar-refractivity contribution in [1.82, 2.24) is 14.4 Å². The molecule has 2 aromatic heterocycles. The number of nitrogens with zero attached hydrogens (tertiary/aromatic N) is 3. The Bertz CT molecular complexity index is 430. The van der Waals surface area contributed by atoms with Crippen molar-refractivity contribution in [3.05, 3.63) is 30.4 Å². The molecule has 13 heavy (non-hydrogen) atoms. The second-order valence-electron chi connectivity index (χ2n) is 2.84. The number of aromatic nitrogens is 3. The molecule has 0 unspecified atom stereocenters. The number of imidazole rings is 1. The molecule has 5 heteroatoms. The number of alkyl halides is 2. The maximum Gasteiger partial charge on any atom is 0.287 e. The van der Waals surface area contributed by atoms with Crippen LogP contribution in [-0.2, 0) is 5.92 Å². The number of rotatable bonds is 1. The summed E-state index contributed by atoms with van der Waals surface area (Å²) >= 11 is 0. The maximum atomic E-state index is 12.8.